The monoisotopic (exact) mass is 463 g/mol. The maximum atomic E-state index is 13.1. The van der Waals surface area contributed by atoms with Crippen molar-refractivity contribution < 1.29 is 4.79 Å². The van der Waals surface area contributed by atoms with Crippen LogP contribution in [0.15, 0.2) is 47.3 Å². The van der Waals surface area contributed by atoms with Gasteiger partial charge in [-0.2, -0.15) is 0 Å². The third-order valence-electron chi connectivity index (χ3n) is 8.41. The van der Waals surface area contributed by atoms with Crippen LogP contribution in [0.4, 0.5) is 10.5 Å². The Morgan fingerprint density at radius 3 is 2.44 bits per heavy atom. The van der Waals surface area contributed by atoms with Crippen LogP contribution >= 0.6 is 0 Å². The van der Waals surface area contributed by atoms with E-state index < -0.39 is 0 Å². The number of aryl methyl sites for hydroxylation is 1. The Labute approximate surface area is 202 Å². The first-order chi connectivity index (χ1) is 16.4. The van der Waals surface area contributed by atoms with E-state index in [1.807, 2.05) is 16.4 Å². The van der Waals surface area contributed by atoms with Gasteiger partial charge in [-0.25, -0.2) is 4.79 Å². The first kappa shape index (κ1) is 23.0. The van der Waals surface area contributed by atoms with Gasteiger partial charge in [-0.05, 0) is 57.3 Å². The highest BCUT2D eigenvalue weighted by Crippen LogP contribution is 2.39. The van der Waals surface area contributed by atoms with Crippen LogP contribution in [0.5, 0.6) is 0 Å². The number of carbonyl (C=O) groups is 1. The molecule has 5 rings (SSSR count). The molecule has 4 heterocycles. The minimum atomic E-state index is -0.105. The van der Waals surface area contributed by atoms with E-state index in [9.17, 15) is 9.59 Å². The van der Waals surface area contributed by atoms with Gasteiger partial charge in [0.1, 0.15) is 0 Å². The van der Waals surface area contributed by atoms with Gasteiger partial charge < -0.3 is 25.0 Å². The Morgan fingerprint density at radius 1 is 0.971 bits per heavy atom. The van der Waals surface area contributed by atoms with Crippen molar-refractivity contribution in [2.24, 2.45) is 0 Å². The van der Waals surface area contributed by atoms with E-state index in [4.69, 9.17) is 0 Å². The Bertz CT molecular complexity index is 1090. The summed E-state index contributed by atoms with van der Waals surface area (Å²) in [4.78, 5) is 29.9. The Balaban J connectivity index is 1.27. The number of nitrogens with one attached hydrogen (secondary N) is 2. The van der Waals surface area contributed by atoms with Crippen molar-refractivity contribution in [2.45, 2.75) is 57.0 Å². The predicted molar refractivity (Wildman–Crippen MR) is 136 cm³/mol. The maximum Gasteiger partial charge on any atom is 0.318 e. The quantitative estimate of drug-likeness (QED) is 0.691. The van der Waals surface area contributed by atoms with Gasteiger partial charge >= 0.3 is 6.03 Å². The molecule has 1 aromatic heterocycles. The highest BCUT2D eigenvalue weighted by atomic mass is 16.2. The second-order valence-corrected chi connectivity index (χ2v) is 10.4. The number of anilines is 1. The van der Waals surface area contributed by atoms with Crippen LogP contribution in [0.1, 0.15) is 43.9 Å². The zero-order valence-electron chi connectivity index (χ0n) is 20.5. The van der Waals surface area contributed by atoms with Crippen molar-refractivity contribution in [1.82, 2.24) is 20.1 Å². The minimum absolute atomic E-state index is 0.00175. The van der Waals surface area contributed by atoms with Crippen LogP contribution in [-0.4, -0.2) is 60.3 Å². The van der Waals surface area contributed by atoms with E-state index in [0.717, 1.165) is 69.8 Å². The average molecular weight is 464 g/mol. The van der Waals surface area contributed by atoms with Crippen LogP contribution in [-0.2, 0) is 12.0 Å². The van der Waals surface area contributed by atoms with E-state index in [1.54, 1.807) is 6.07 Å². The SMILES string of the molecule is CC[C@@]1(c2ccccc2)CCN(c2cc(C)n(CCN3CC4(CCNCC4)NC3=O)c(=O)c2)C1. The number of piperidine rings is 1. The lowest BCUT2D eigenvalue weighted by Crippen LogP contribution is -2.51. The third kappa shape index (κ3) is 4.22. The van der Waals surface area contributed by atoms with Crippen LogP contribution in [0.25, 0.3) is 0 Å². The molecule has 7 heteroatoms. The molecule has 3 fully saturated rings. The van der Waals surface area contributed by atoms with Crippen molar-refractivity contribution >= 4 is 11.7 Å². The zero-order chi connectivity index (χ0) is 23.8. The molecule has 3 saturated heterocycles. The number of aromatic nitrogens is 1. The van der Waals surface area contributed by atoms with E-state index >= 15 is 0 Å². The number of hydrogen-bond acceptors (Lipinski definition) is 4. The molecule has 34 heavy (non-hydrogen) atoms. The lowest BCUT2D eigenvalue weighted by atomic mass is 9.77. The van der Waals surface area contributed by atoms with Gasteiger partial charge in [0, 0.05) is 55.6 Å². The van der Waals surface area contributed by atoms with Crippen LogP contribution < -0.4 is 21.1 Å². The van der Waals surface area contributed by atoms with Crippen molar-refractivity contribution in [2.75, 3.05) is 44.2 Å². The van der Waals surface area contributed by atoms with Crippen molar-refractivity contribution in [3.8, 4) is 0 Å². The Kier molecular flexibility index (Phi) is 6.15. The molecule has 0 bridgehead atoms. The van der Waals surface area contributed by atoms with E-state index in [0.29, 0.717) is 13.1 Å². The number of benzene rings is 1. The average Bonchev–Trinajstić information content (AvgIpc) is 3.42. The molecule has 3 aliphatic heterocycles. The van der Waals surface area contributed by atoms with Crippen LogP contribution in [0.2, 0.25) is 0 Å². The van der Waals surface area contributed by atoms with Crippen LogP contribution in [0, 0.1) is 6.92 Å². The summed E-state index contributed by atoms with van der Waals surface area (Å²) >= 11 is 0. The number of pyridine rings is 1. The maximum absolute atomic E-state index is 13.1. The predicted octanol–water partition coefficient (Wildman–Crippen LogP) is 2.86. The molecule has 2 amide bonds. The van der Waals surface area contributed by atoms with Gasteiger partial charge in [0.15, 0.2) is 0 Å². The molecule has 0 saturated carbocycles. The highest BCUT2D eigenvalue weighted by molar-refractivity contribution is 5.78. The number of hydrogen-bond donors (Lipinski definition) is 2. The Morgan fingerprint density at radius 2 is 1.74 bits per heavy atom. The minimum Gasteiger partial charge on any atom is -0.370 e. The molecule has 0 radical (unpaired) electrons. The van der Waals surface area contributed by atoms with Crippen molar-refractivity contribution in [1.29, 1.82) is 0 Å². The first-order valence-corrected chi connectivity index (χ1v) is 12.7. The second-order valence-electron chi connectivity index (χ2n) is 10.4. The fraction of sp³-hybridized carbons (Fsp3) is 0.556. The number of nitrogens with zero attached hydrogens (tertiary/aromatic N) is 3. The van der Waals surface area contributed by atoms with Crippen molar-refractivity contribution in [3.63, 3.8) is 0 Å². The zero-order valence-corrected chi connectivity index (χ0v) is 20.5. The van der Waals surface area contributed by atoms with Gasteiger partial charge in [0.25, 0.3) is 5.56 Å². The summed E-state index contributed by atoms with van der Waals surface area (Å²) in [6, 6.07) is 14.7. The molecule has 0 aliphatic carbocycles. The molecule has 1 aromatic carbocycles. The van der Waals surface area contributed by atoms with Gasteiger partial charge in [0.05, 0.1) is 5.54 Å². The number of rotatable bonds is 6. The van der Waals surface area contributed by atoms with E-state index in [1.165, 1.54) is 5.56 Å². The number of carbonyl (C=O) groups excluding carboxylic acids is 1. The molecule has 182 valence electrons. The molecule has 3 aliphatic rings. The number of amides is 2. The van der Waals surface area contributed by atoms with Crippen molar-refractivity contribution in [3.05, 3.63) is 64.1 Å². The van der Waals surface area contributed by atoms with Gasteiger partial charge in [-0.1, -0.05) is 37.3 Å². The summed E-state index contributed by atoms with van der Waals surface area (Å²) in [5, 5.41) is 6.58. The standard InChI is InChI=1S/C27H37N5O2/c1-3-26(22-7-5-4-6-8-22)11-14-30(19-26)23-17-21(2)32(24(33)18-23)16-15-31-20-27(29-25(31)34)9-12-28-13-10-27/h4-8,17-18,28H,3,9-16,19-20H2,1-2H3,(H,29,34)/t26-/m1/s1. The summed E-state index contributed by atoms with van der Waals surface area (Å²) in [5.74, 6) is 0. The van der Waals surface area contributed by atoms with Crippen LogP contribution in [0.3, 0.4) is 0 Å². The normalized spacial score (nSPS) is 24.1. The topological polar surface area (TPSA) is 69.6 Å². The molecule has 1 atom stereocenters. The summed E-state index contributed by atoms with van der Waals surface area (Å²) in [6.07, 6.45) is 4.10. The number of urea groups is 1. The van der Waals surface area contributed by atoms with Gasteiger partial charge in [-0.15, -0.1) is 0 Å². The summed E-state index contributed by atoms with van der Waals surface area (Å²) in [6.45, 7) is 9.84. The van der Waals surface area contributed by atoms with Gasteiger partial charge in [-0.3, -0.25) is 4.79 Å². The van der Waals surface area contributed by atoms with E-state index in [2.05, 4.69) is 58.9 Å². The largest absolute Gasteiger partial charge is 0.370 e. The molecular formula is C27H37N5O2. The molecule has 7 nitrogen and oxygen atoms in total. The molecule has 0 unspecified atom stereocenters. The smallest absolute Gasteiger partial charge is 0.318 e. The second kappa shape index (κ2) is 9.10. The lowest BCUT2D eigenvalue weighted by molar-refractivity contribution is 0.214. The molecule has 1 spiro atoms. The molecule has 2 N–H and O–H groups in total. The molecule has 2 aromatic rings. The fourth-order valence-electron chi connectivity index (χ4n) is 6.17. The molecular weight excluding hydrogens is 426 g/mol. The summed E-state index contributed by atoms with van der Waals surface area (Å²) < 4.78 is 1.81. The summed E-state index contributed by atoms with van der Waals surface area (Å²) in [7, 11) is 0. The summed E-state index contributed by atoms with van der Waals surface area (Å²) in [5.41, 5.74) is 3.40. The van der Waals surface area contributed by atoms with E-state index in [-0.39, 0.29) is 22.5 Å². The third-order valence-corrected chi connectivity index (χ3v) is 8.41. The fourth-order valence-corrected chi connectivity index (χ4v) is 6.17. The highest BCUT2D eigenvalue weighted by Gasteiger charge is 2.43. The Hall–Kier alpha value is -2.80. The van der Waals surface area contributed by atoms with Gasteiger partial charge in [0.2, 0.25) is 0 Å². The lowest BCUT2D eigenvalue weighted by Gasteiger charge is -2.33. The first-order valence-electron chi connectivity index (χ1n) is 12.7.